The number of nitrogens with one attached hydrogen (secondary N) is 1. The van der Waals surface area contributed by atoms with Gasteiger partial charge in [0.1, 0.15) is 11.9 Å². The number of benzene rings is 1. The van der Waals surface area contributed by atoms with Crippen molar-refractivity contribution in [2.75, 3.05) is 25.5 Å². The third-order valence-electron chi connectivity index (χ3n) is 3.61. The average Bonchev–Trinajstić information content (AvgIpc) is 2.47. The number of hydrogen-bond acceptors (Lipinski definition) is 5. The molecule has 0 spiro atoms. The summed E-state index contributed by atoms with van der Waals surface area (Å²) in [7, 11) is 1.67. The molecule has 0 aliphatic carbocycles. The van der Waals surface area contributed by atoms with Crippen LogP contribution in [0.5, 0.6) is 5.75 Å². The fourth-order valence-electron chi connectivity index (χ4n) is 2.44. The van der Waals surface area contributed by atoms with Gasteiger partial charge < -0.3 is 20.6 Å². The lowest BCUT2D eigenvalue weighted by Crippen LogP contribution is -2.49. The third-order valence-corrected chi connectivity index (χ3v) is 4.11. The molecule has 1 saturated heterocycles. The standard InChI is InChI=1S/C14H20BrN3O2.ClH/c1-20-13-3-2-10(15)8-12(13)17-11-4-6-18(7-5-11)14(16)9-19;/h2-3,8-9,11,14,17H,4-7,16H2,1H3;1H. The minimum absolute atomic E-state index is 0. The quantitative estimate of drug-likeness (QED) is 0.769. The van der Waals surface area contributed by atoms with Crippen molar-refractivity contribution in [3.8, 4) is 5.75 Å². The van der Waals surface area contributed by atoms with Crippen LogP contribution < -0.4 is 15.8 Å². The number of likely N-dealkylation sites (tertiary alicyclic amines) is 1. The summed E-state index contributed by atoms with van der Waals surface area (Å²) in [4.78, 5) is 12.7. The normalized spacial score (nSPS) is 17.7. The Hall–Kier alpha value is -0.820. The number of anilines is 1. The van der Waals surface area contributed by atoms with Crippen molar-refractivity contribution >= 4 is 40.3 Å². The average molecular weight is 379 g/mol. The zero-order chi connectivity index (χ0) is 14.5. The predicted octanol–water partition coefficient (Wildman–Crippen LogP) is 2.24. The van der Waals surface area contributed by atoms with Crippen LogP contribution in [0, 0.1) is 0 Å². The van der Waals surface area contributed by atoms with E-state index in [1.807, 2.05) is 23.1 Å². The molecule has 5 nitrogen and oxygen atoms in total. The van der Waals surface area contributed by atoms with Gasteiger partial charge in [0.2, 0.25) is 0 Å². The maximum Gasteiger partial charge on any atom is 0.151 e. The predicted molar refractivity (Wildman–Crippen MR) is 90.2 cm³/mol. The first kappa shape index (κ1) is 18.2. The van der Waals surface area contributed by atoms with E-state index in [1.165, 1.54) is 0 Å². The van der Waals surface area contributed by atoms with Crippen molar-refractivity contribution in [3.05, 3.63) is 22.7 Å². The van der Waals surface area contributed by atoms with Crippen molar-refractivity contribution < 1.29 is 9.53 Å². The van der Waals surface area contributed by atoms with Crippen molar-refractivity contribution in [3.63, 3.8) is 0 Å². The van der Waals surface area contributed by atoms with Crippen molar-refractivity contribution in [2.45, 2.75) is 25.0 Å². The molecule has 1 fully saturated rings. The minimum atomic E-state index is -0.476. The molecule has 1 aliphatic rings. The summed E-state index contributed by atoms with van der Waals surface area (Å²) < 4.78 is 6.37. The van der Waals surface area contributed by atoms with Crippen LogP contribution in [-0.4, -0.2) is 43.6 Å². The fourth-order valence-corrected chi connectivity index (χ4v) is 2.80. The van der Waals surface area contributed by atoms with Crippen LogP contribution in [0.25, 0.3) is 0 Å². The summed E-state index contributed by atoms with van der Waals surface area (Å²) in [5.41, 5.74) is 6.71. The van der Waals surface area contributed by atoms with E-state index in [9.17, 15) is 4.79 Å². The Balaban J connectivity index is 0.00000220. The summed E-state index contributed by atoms with van der Waals surface area (Å²) in [6.45, 7) is 1.65. The number of carbonyl (C=O) groups is 1. The molecule has 1 atom stereocenters. The molecular formula is C14H21BrClN3O2. The summed E-state index contributed by atoms with van der Waals surface area (Å²) in [6, 6.07) is 6.27. The Kier molecular flexibility index (Phi) is 7.45. The molecule has 0 saturated carbocycles. The van der Waals surface area contributed by atoms with E-state index in [-0.39, 0.29) is 12.4 Å². The monoisotopic (exact) mass is 377 g/mol. The van der Waals surface area contributed by atoms with Gasteiger partial charge in [0.15, 0.2) is 6.29 Å². The first-order valence-electron chi connectivity index (χ1n) is 6.69. The van der Waals surface area contributed by atoms with Gasteiger partial charge >= 0.3 is 0 Å². The van der Waals surface area contributed by atoms with E-state index in [2.05, 4.69) is 21.2 Å². The molecule has 118 valence electrons. The number of rotatable bonds is 5. The van der Waals surface area contributed by atoms with Gasteiger partial charge in [-0.05, 0) is 31.0 Å². The fraction of sp³-hybridized carbons (Fsp3) is 0.500. The lowest BCUT2D eigenvalue weighted by molar-refractivity contribution is -0.112. The van der Waals surface area contributed by atoms with Crippen molar-refractivity contribution in [2.24, 2.45) is 5.73 Å². The molecule has 21 heavy (non-hydrogen) atoms. The Morgan fingerprint density at radius 3 is 2.71 bits per heavy atom. The number of methoxy groups -OCH3 is 1. The van der Waals surface area contributed by atoms with E-state index in [1.54, 1.807) is 7.11 Å². The number of hydrogen-bond donors (Lipinski definition) is 2. The van der Waals surface area contributed by atoms with Gasteiger partial charge in [-0.15, -0.1) is 12.4 Å². The molecule has 0 amide bonds. The van der Waals surface area contributed by atoms with Crippen LogP contribution in [0.3, 0.4) is 0 Å². The molecule has 0 radical (unpaired) electrons. The highest BCUT2D eigenvalue weighted by Gasteiger charge is 2.23. The second-order valence-electron chi connectivity index (χ2n) is 4.93. The summed E-state index contributed by atoms with van der Waals surface area (Å²) in [5.74, 6) is 0.834. The molecule has 7 heteroatoms. The van der Waals surface area contributed by atoms with Gasteiger partial charge in [0, 0.05) is 23.6 Å². The van der Waals surface area contributed by atoms with E-state index in [4.69, 9.17) is 10.5 Å². The summed E-state index contributed by atoms with van der Waals surface area (Å²) in [5, 5.41) is 3.51. The Bertz CT molecular complexity index is 468. The van der Waals surface area contributed by atoms with Crippen LogP contribution in [0.1, 0.15) is 12.8 Å². The van der Waals surface area contributed by atoms with Gasteiger partial charge in [-0.2, -0.15) is 0 Å². The highest BCUT2D eigenvalue weighted by molar-refractivity contribution is 9.10. The molecule has 1 aromatic carbocycles. The summed E-state index contributed by atoms with van der Waals surface area (Å²) in [6.07, 6.45) is 2.23. The van der Waals surface area contributed by atoms with Crippen LogP contribution >= 0.6 is 28.3 Å². The molecule has 1 unspecified atom stereocenters. The maximum atomic E-state index is 10.7. The molecule has 3 N–H and O–H groups in total. The molecule has 2 rings (SSSR count). The first-order valence-corrected chi connectivity index (χ1v) is 7.48. The zero-order valence-electron chi connectivity index (χ0n) is 11.9. The largest absolute Gasteiger partial charge is 0.495 e. The van der Waals surface area contributed by atoms with E-state index in [0.717, 1.165) is 48.1 Å². The Labute approximate surface area is 139 Å². The molecule has 1 aliphatic heterocycles. The lowest BCUT2D eigenvalue weighted by Gasteiger charge is -2.34. The maximum absolute atomic E-state index is 10.7. The second kappa shape index (κ2) is 8.58. The molecule has 1 aromatic rings. The molecule has 1 heterocycles. The topological polar surface area (TPSA) is 67.6 Å². The number of carbonyl (C=O) groups excluding carboxylic acids is 1. The van der Waals surface area contributed by atoms with E-state index in [0.29, 0.717) is 6.04 Å². The van der Waals surface area contributed by atoms with Crippen molar-refractivity contribution in [1.29, 1.82) is 0 Å². The number of halogens is 2. The van der Waals surface area contributed by atoms with Gasteiger partial charge in [-0.3, -0.25) is 4.90 Å². The first-order chi connectivity index (χ1) is 9.63. The van der Waals surface area contributed by atoms with Gasteiger partial charge in [0.25, 0.3) is 0 Å². The zero-order valence-corrected chi connectivity index (χ0v) is 14.3. The van der Waals surface area contributed by atoms with Crippen LogP contribution in [0.2, 0.25) is 0 Å². The minimum Gasteiger partial charge on any atom is -0.495 e. The van der Waals surface area contributed by atoms with E-state index >= 15 is 0 Å². The van der Waals surface area contributed by atoms with Crippen LogP contribution in [0.4, 0.5) is 5.69 Å². The van der Waals surface area contributed by atoms with Crippen LogP contribution in [-0.2, 0) is 4.79 Å². The lowest BCUT2D eigenvalue weighted by atomic mass is 10.0. The van der Waals surface area contributed by atoms with Gasteiger partial charge in [-0.1, -0.05) is 15.9 Å². The van der Waals surface area contributed by atoms with Crippen LogP contribution in [0.15, 0.2) is 22.7 Å². The van der Waals surface area contributed by atoms with Gasteiger partial charge in [0.05, 0.1) is 12.8 Å². The smallest absolute Gasteiger partial charge is 0.151 e. The number of nitrogens with zero attached hydrogens (tertiary/aromatic N) is 1. The number of piperidine rings is 1. The SMILES string of the molecule is COc1ccc(Br)cc1NC1CCN(C(N)C=O)CC1.Cl. The molecule has 0 bridgehead atoms. The van der Waals surface area contributed by atoms with Crippen molar-refractivity contribution in [1.82, 2.24) is 4.90 Å². The summed E-state index contributed by atoms with van der Waals surface area (Å²) >= 11 is 3.47. The Morgan fingerprint density at radius 2 is 2.14 bits per heavy atom. The number of aldehydes is 1. The third kappa shape index (κ3) is 4.85. The number of nitrogens with two attached hydrogens (primary N) is 1. The Morgan fingerprint density at radius 1 is 1.48 bits per heavy atom. The molecular weight excluding hydrogens is 358 g/mol. The highest BCUT2D eigenvalue weighted by atomic mass is 79.9. The highest BCUT2D eigenvalue weighted by Crippen LogP contribution is 2.29. The molecule has 0 aromatic heterocycles. The number of ether oxygens (including phenoxy) is 1. The second-order valence-corrected chi connectivity index (χ2v) is 5.84. The van der Waals surface area contributed by atoms with E-state index < -0.39 is 6.17 Å². The van der Waals surface area contributed by atoms with Gasteiger partial charge in [-0.25, -0.2) is 0 Å².